The number of aryl methyl sites for hydroxylation is 1. The normalized spacial score (nSPS) is 20.5. The Morgan fingerprint density at radius 3 is 3.27 bits per heavy atom. The molecule has 1 unspecified atom stereocenters. The predicted octanol–water partition coefficient (Wildman–Crippen LogP) is 0.947. The molecule has 1 aromatic heterocycles. The van der Waals surface area contributed by atoms with Gasteiger partial charge in [-0.15, -0.1) is 0 Å². The Balaban J connectivity index is 1.92. The molecule has 0 bridgehead atoms. The SMILES string of the molecule is CCc1cc(NC(=O)C2CCOC2)n[nH]1. The number of nitrogens with one attached hydrogen (secondary N) is 2. The second-order valence-electron chi connectivity index (χ2n) is 3.68. The van der Waals surface area contributed by atoms with Crippen LogP contribution in [0.2, 0.25) is 0 Å². The van der Waals surface area contributed by atoms with Crippen molar-refractivity contribution in [1.29, 1.82) is 0 Å². The summed E-state index contributed by atoms with van der Waals surface area (Å²) in [5.74, 6) is 0.581. The Labute approximate surface area is 88.2 Å². The van der Waals surface area contributed by atoms with Crippen LogP contribution < -0.4 is 5.32 Å². The minimum Gasteiger partial charge on any atom is -0.381 e. The fourth-order valence-corrected chi connectivity index (χ4v) is 1.58. The second kappa shape index (κ2) is 4.44. The number of ether oxygens (including phenoxy) is 1. The van der Waals surface area contributed by atoms with E-state index in [4.69, 9.17) is 4.74 Å². The number of carbonyl (C=O) groups is 1. The molecule has 5 nitrogen and oxygen atoms in total. The average molecular weight is 209 g/mol. The molecule has 0 spiro atoms. The number of aromatic nitrogens is 2. The van der Waals surface area contributed by atoms with Crippen LogP contribution in [0.15, 0.2) is 6.07 Å². The third-order valence-electron chi connectivity index (χ3n) is 2.56. The van der Waals surface area contributed by atoms with Crippen LogP contribution in [0, 0.1) is 5.92 Å². The maximum atomic E-state index is 11.7. The molecule has 0 saturated carbocycles. The largest absolute Gasteiger partial charge is 0.381 e. The van der Waals surface area contributed by atoms with Gasteiger partial charge in [-0.2, -0.15) is 5.10 Å². The standard InChI is InChI=1S/C10H15N3O2/c1-2-8-5-9(13-12-8)11-10(14)7-3-4-15-6-7/h5,7H,2-4,6H2,1H3,(H2,11,12,13,14). The van der Waals surface area contributed by atoms with Crippen LogP contribution in [0.25, 0.3) is 0 Å². The Hall–Kier alpha value is -1.36. The number of anilines is 1. The van der Waals surface area contributed by atoms with E-state index in [2.05, 4.69) is 15.5 Å². The van der Waals surface area contributed by atoms with Crippen LogP contribution in [-0.2, 0) is 16.0 Å². The monoisotopic (exact) mass is 209 g/mol. The zero-order valence-electron chi connectivity index (χ0n) is 8.75. The van der Waals surface area contributed by atoms with Gasteiger partial charge in [-0.25, -0.2) is 0 Å². The van der Waals surface area contributed by atoms with Gasteiger partial charge >= 0.3 is 0 Å². The number of hydrogen-bond donors (Lipinski definition) is 2. The number of hydrogen-bond acceptors (Lipinski definition) is 3. The van der Waals surface area contributed by atoms with Crippen molar-refractivity contribution in [2.45, 2.75) is 19.8 Å². The Morgan fingerprint density at radius 1 is 1.80 bits per heavy atom. The van der Waals surface area contributed by atoms with E-state index >= 15 is 0 Å². The maximum Gasteiger partial charge on any atom is 0.231 e. The summed E-state index contributed by atoms with van der Waals surface area (Å²) in [6, 6.07) is 1.85. The van der Waals surface area contributed by atoms with Crippen molar-refractivity contribution in [3.05, 3.63) is 11.8 Å². The van der Waals surface area contributed by atoms with E-state index in [9.17, 15) is 4.79 Å². The lowest BCUT2D eigenvalue weighted by molar-refractivity contribution is -0.119. The summed E-state index contributed by atoms with van der Waals surface area (Å²) in [5, 5.41) is 9.63. The predicted molar refractivity (Wildman–Crippen MR) is 55.5 cm³/mol. The number of H-pyrrole nitrogens is 1. The Kier molecular flexibility index (Phi) is 3.01. The first kappa shape index (κ1) is 10.2. The lowest BCUT2D eigenvalue weighted by Crippen LogP contribution is -2.22. The van der Waals surface area contributed by atoms with Crippen LogP contribution in [0.3, 0.4) is 0 Å². The third-order valence-corrected chi connectivity index (χ3v) is 2.56. The molecule has 1 aliphatic rings. The van der Waals surface area contributed by atoms with E-state index in [1.807, 2.05) is 13.0 Å². The number of amides is 1. The highest BCUT2D eigenvalue weighted by atomic mass is 16.5. The molecule has 1 aromatic rings. The van der Waals surface area contributed by atoms with Gasteiger partial charge in [0.1, 0.15) is 0 Å². The molecule has 0 radical (unpaired) electrons. The van der Waals surface area contributed by atoms with Crippen molar-refractivity contribution in [2.24, 2.45) is 5.92 Å². The highest BCUT2D eigenvalue weighted by molar-refractivity contribution is 5.91. The lowest BCUT2D eigenvalue weighted by Gasteiger charge is -2.05. The van der Waals surface area contributed by atoms with Crippen molar-refractivity contribution in [3.63, 3.8) is 0 Å². The number of nitrogens with zero attached hydrogens (tertiary/aromatic N) is 1. The number of aromatic amines is 1. The van der Waals surface area contributed by atoms with Crippen LogP contribution in [0.5, 0.6) is 0 Å². The molecule has 0 aromatic carbocycles. The molecule has 2 N–H and O–H groups in total. The van der Waals surface area contributed by atoms with E-state index in [1.165, 1.54) is 0 Å². The smallest absolute Gasteiger partial charge is 0.231 e. The molecule has 82 valence electrons. The highest BCUT2D eigenvalue weighted by Gasteiger charge is 2.23. The Morgan fingerprint density at radius 2 is 2.67 bits per heavy atom. The first-order valence-corrected chi connectivity index (χ1v) is 5.22. The molecule has 1 fully saturated rings. The highest BCUT2D eigenvalue weighted by Crippen LogP contribution is 2.15. The van der Waals surface area contributed by atoms with Crippen LogP contribution in [0.1, 0.15) is 19.0 Å². The van der Waals surface area contributed by atoms with Crippen LogP contribution in [-0.4, -0.2) is 29.3 Å². The molecule has 0 aliphatic carbocycles. The van der Waals surface area contributed by atoms with E-state index in [0.717, 1.165) is 18.5 Å². The summed E-state index contributed by atoms with van der Waals surface area (Å²) in [7, 11) is 0. The summed E-state index contributed by atoms with van der Waals surface area (Å²) in [5.41, 5.74) is 1.02. The van der Waals surface area contributed by atoms with Crippen LogP contribution >= 0.6 is 0 Å². The average Bonchev–Trinajstić information content (AvgIpc) is 2.87. The first-order chi connectivity index (χ1) is 7.29. The van der Waals surface area contributed by atoms with E-state index in [-0.39, 0.29) is 11.8 Å². The van der Waals surface area contributed by atoms with E-state index in [0.29, 0.717) is 19.0 Å². The quantitative estimate of drug-likeness (QED) is 0.778. The van der Waals surface area contributed by atoms with Gasteiger partial charge in [-0.05, 0) is 12.8 Å². The Bertz CT molecular complexity index is 342. The number of carbonyl (C=O) groups excluding carboxylic acids is 1. The molecule has 1 aliphatic heterocycles. The maximum absolute atomic E-state index is 11.7. The zero-order chi connectivity index (χ0) is 10.7. The third kappa shape index (κ3) is 2.36. The van der Waals surface area contributed by atoms with Gasteiger partial charge in [-0.1, -0.05) is 6.92 Å². The van der Waals surface area contributed by atoms with Crippen molar-refractivity contribution >= 4 is 11.7 Å². The fourth-order valence-electron chi connectivity index (χ4n) is 1.58. The second-order valence-corrected chi connectivity index (χ2v) is 3.68. The summed E-state index contributed by atoms with van der Waals surface area (Å²) < 4.78 is 5.15. The zero-order valence-corrected chi connectivity index (χ0v) is 8.75. The van der Waals surface area contributed by atoms with Gasteiger partial charge in [0.25, 0.3) is 0 Å². The molecule has 15 heavy (non-hydrogen) atoms. The summed E-state index contributed by atoms with van der Waals surface area (Å²) in [6.45, 7) is 3.24. The van der Waals surface area contributed by atoms with Gasteiger partial charge in [0.15, 0.2) is 5.82 Å². The summed E-state index contributed by atoms with van der Waals surface area (Å²) >= 11 is 0. The van der Waals surface area contributed by atoms with Gasteiger partial charge in [0.2, 0.25) is 5.91 Å². The van der Waals surface area contributed by atoms with E-state index in [1.54, 1.807) is 0 Å². The fraction of sp³-hybridized carbons (Fsp3) is 0.600. The van der Waals surface area contributed by atoms with Gasteiger partial charge in [0, 0.05) is 18.4 Å². The molecule has 2 rings (SSSR count). The van der Waals surface area contributed by atoms with Crippen molar-refractivity contribution < 1.29 is 9.53 Å². The molecular weight excluding hydrogens is 194 g/mol. The molecule has 2 heterocycles. The van der Waals surface area contributed by atoms with Crippen LogP contribution in [0.4, 0.5) is 5.82 Å². The molecular formula is C10H15N3O2. The molecule has 1 saturated heterocycles. The lowest BCUT2D eigenvalue weighted by atomic mass is 10.1. The van der Waals surface area contributed by atoms with Gasteiger partial charge in [0.05, 0.1) is 12.5 Å². The van der Waals surface area contributed by atoms with Crippen molar-refractivity contribution in [2.75, 3.05) is 18.5 Å². The van der Waals surface area contributed by atoms with E-state index < -0.39 is 0 Å². The van der Waals surface area contributed by atoms with Crippen molar-refractivity contribution in [3.8, 4) is 0 Å². The summed E-state index contributed by atoms with van der Waals surface area (Å²) in [4.78, 5) is 11.7. The first-order valence-electron chi connectivity index (χ1n) is 5.22. The molecule has 1 atom stereocenters. The minimum absolute atomic E-state index is 0.00153. The van der Waals surface area contributed by atoms with Gasteiger partial charge < -0.3 is 10.1 Å². The number of rotatable bonds is 3. The van der Waals surface area contributed by atoms with Gasteiger partial charge in [-0.3, -0.25) is 9.89 Å². The molecule has 5 heteroatoms. The molecule has 1 amide bonds. The minimum atomic E-state index is -0.0215. The topological polar surface area (TPSA) is 67.0 Å². The summed E-state index contributed by atoms with van der Waals surface area (Å²) in [6.07, 6.45) is 1.69. The van der Waals surface area contributed by atoms with Crippen molar-refractivity contribution in [1.82, 2.24) is 10.2 Å².